The second-order valence-electron chi connectivity index (χ2n) is 4.02. The van der Waals surface area contributed by atoms with Gasteiger partial charge in [0.05, 0.1) is 16.0 Å². The molecular formula is C10H8N2O3. The zero-order valence-electron chi connectivity index (χ0n) is 7.82. The number of nitrogens with one attached hydrogen (secondary N) is 1. The van der Waals surface area contributed by atoms with Crippen LogP contribution in [0.5, 0.6) is 0 Å². The normalized spacial score (nSPS) is 19.9. The average Bonchev–Trinajstić information content (AvgIpc) is 2.93. The largest absolute Gasteiger partial charge is 0.325 e. The molecule has 1 aliphatic heterocycles. The molecule has 3 rings (SSSR count). The van der Waals surface area contributed by atoms with E-state index in [4.69, 9.17) is 0 Å². The highest BCUT2D eigenvalue weighted by molar-refractivity contribution is 6.08. The molecule has 15 heavy (non-hydrogen) atoms. The third-order valence-electron chi connectivity index (χ3n) is 3.16. The number of hydrogen-bond donors (Lipinski definition) is 1. The van der Waals surface area contributed by atoms with E-state index in [1.165, 1.54) is 12.1 Å². The fraction of sp³-hybridized carbons (Fsp3) is 0.300. The molecule has 2 aliphatic rings. The number of nitrogens with zero attached hydrogens (tertiary/aromatic N) is 1. The van der Waals surface area contributed by atoms with E-state index in [0.29, 0.717) is 5.69 Å². The Morgan fingerprint density at radius 1 is 1.40 bits per heavy atom. The molecule has 1 fully saturated rings. The third kappa shape index (κ3) is 0.945. The Morgan fingerprint density at radius 2 is 2.13 bits per heavy atom. The van der Waals surface area contributed by atoms with E-state index in [1.807, 2.05) is 0 Å². The number of carbonyl (C=O) groups excluding carboxylic acids is 1. The lowest BCUT2D eigenvalue weighted by Gasteiger charge is -2.02. The van der Waals surface area contributed by atoms with Crippen LogP contribution in [0.15, 0.2) is 18.2 Å². The van der Waals surface area contributed by atoms with Gasteiger partial charge in [-0.15, -0.1) is 0 Å². The smallest absolute Gasteiger partial charge is 0.271 e. The molecule has 1 spiro atoms. The first-order chi connectivity index (χ1) is 7.13. The SMILES string of the molecule is O=C1Nc2cc([N+](=O)[O-])ccc2C12CC2. The summed E-state index contributed by atoms with van der Waals surface area (Å²) in [4.78, 5) is 21.7. The highest BCUT2D eigenvalue weighted by atomic mass is 16.6. The van der Waals surface area contributed by atoms with Gasteiger partial charge in [-0.2, -0.15) is 0 Å². The van der Waals surface area contributed by atoms with Crippen LogP contribution >= 0.6 is 0 Å². The first-order valence-electron chi connectivity index (χ1n) is 4.74. The maximum atomic E-state index is 11.6. The molecule has 0 bridgehead atoms. The van der Waals surface area contributed by atoms with Gasteiger partial charge < -0.3 is 5.32 Å². The van der Waals surface area contributed by atoms with Gasteiger partial charge in [0.15, 0.2) is 0 Å². The molecule has 0 aromatic heterocycles. The maximum absolute atomic E-state index is 11.6. The number of amides is 1. The fourth-order valence-electron chi connectivity index (χ4n) is 2.15. The molecule has 0 unspecified atom stereocenters. The Kier molecular flexibility index (Phi) is 1.32. The van der Waals surface area contributed by atoms with Crippen molar-refractivity contribution in [2.24, 2.45) is 0 Å². The highest BCUT2D eigenvalue weighted by Gasteiger charge is 2.56. The van der Waals surface area contributed by atoms with E-state index in [9.17, 15) is 14.9 Å². The minimum absolute atomic E-state index is 0.0157. The van der Waals surface area contributed by atoms with Crippen LogP contribution in [0.3, 0.4) is 0 Å². The number of carbonyl (C=O) groups is 1. The number of anilines is 1. The zero-order chi connectivity index (χ0) is 10.6. The number of nitro groups is 1. The topological polar surface area (TPSA) is 72.2 Å². The molecule has 0 radical (unpaired) electrons. The van der Waals surface area contributed by atoms with Crippen molar-refractivity contribution >= 4 is 17.3 Å². The van der Waals surface area contributed by atoms with Gasteiger partial charge in [0.1, 0.15) is 0 Å². The summed E-state index contributed by atoms with van der Waals surface area (Å²) in [6.07, 6.45) is 1.70. The quantitative estimate of drug-likeness (QED) is 0.557. The van der Waals surface area contributed by atoms with Crippen molar-refractivity contribution in [2.45, 2.75) is 18.3 Å². The fourth-order valence-corrected chi connectivity index (χ4v) is 2.15. The molecule has 1 aromatic carbocycles. The molecule has 1 N–H and O–H groups in total. The monoisotopic (exact) mass is 204 g/mol. The van der Waals surface area contributed by atoms with Crippen LogP contribution in [0, 0.1) is 10.1 Å². The van der Waals surface area contributed by atoms with Crippen LogP contribution in [-0.4, -0.2) is 10.8 Å². The molecule has 1 heterocycles. The van der Waals surface area contributed by atoms with Gasteiger partial charge in [0.2, 0.25) is 5.91 Å². The predicted octanol–water partition coefficient (Wildman–Crippen LogP) is 1.58. The molecule has 5 nitrogen and oxygen atoms in total. The Labute approximate surface area is 85.2 Å². The first kappa shape index (κ1) is 8.40. The van der Waals surface area contributed by atoms with Crippen molar-refractivity contribution in [3.8, 4) is 0 Å². The molecule has 1 aromatic rings. The van der Waals surface area contributed by atoms with E-state index in [-0.39, 0.29) is 17.0 Å². The van der Waals surface area contributed by atoms with Crippen LogP contribution in [0.2, 0.25) is 0 Å². The van der Waals surface area contributed by atoms with Crippen LogP contribution in [0.1, 0.15) is 18.4 Å². The summed E-state index contributed by atoms with van der Waals surface area (Å²) in [5, 5.41) is 13.3. The van der Waals surface area contributed by atoms with Crippen LogP contribution < -0.4 is 5.32 Å². The summed E-state index contributed by atoms with van der Waals surface area (Å²) < 4.78 is 0. The van der Waals surface area contributed by atoms with Gasteiger partial charge in [-0.1, -0.05) is 0 Å². The number of benzene rings is 1. The Morgan fingerprint density at radius 3 is 2.73 bits per heavy atom. The van der Waals surface area contributed by atoms with Crippen molar-refractivity contribution < 1.29 is 9.72 Å². The first-order valence-corrected chi connectivity index (χ1v) is 4.74. The average molecular weight is 204 g/mol. The van der Waals surface area contributed by atoms with E-state index in [1.54, 1.807) is 6.07 Å². The Hall–Kier alpha value is -1.91. The predicted molar refractivity (Wildman–Crippen MR) is 52.6 cm³/mol. The van der Waals surface area contributed by atoms with Gasteiger partial charge in [-0.05, 0) is 24.5 Å². The van der Waals surface area contributed by atoms with Gasteiger partial charge in [0, 0.05) is 12.1 Å². The molecule has 1 aliphatic carbocycles. The molecule has 5 heteroatoms. The summed E-state index contributed by atoms with van der Waals surface area (Å²) in [5.41, 5.74) is 1.18. The van der Waals surface area contributed by atoms with Crippen LogP contribution in [0.25, 0.3) is 0 Å². The van der Waals surface area contributed by atoms with Crippen molar-refractivity contribution in [3.63, 3.8) is 0 Å². The third-order valence-corrected chi connectivity index (χ3v) is 3.16. The van der Waals surface area contributed by atoms with Crippen LogP contribution in [-0.2, 0) is 10.2 Å². The summed E-state index contributed by atoms with van der Waals surface area (Å²) in [5.74, 6) is -0.0157. The van der Waals surface area contributed by atoms with Gasteiger partial charge in [-0.25, -0.2) is 0 Å². The van der Waals surface area contributed by atoms with Gasteiger partial charge in [-0.3, -0.25) is 14.9 Å². The lowest BCUT2D eigenvalue weighted by atomic mass is 9.98. The van der Waals surface area contributed by atoms with E-state index in [2.05, 4.69) is 5.32 Å². The second kappa shape index (κ2) is 2.36. The number of rotatable bonds is 1. The number of nitro benzene ring substituents is 1. The highest BCUT2D eigenvalue weighted by Crippen LogP contribution is 2.55. The Bertz CT molecular complexity index is 491. The van der Waals surface area contributed by atoms with E-state index >= 15 is 0 Å². The summed E-state index contributed by atoms with van der Waals surface area (Å²) in [6.45, 7) is 0. The molecule has 1 amide bonds. The van der Waals surface area contributed by atoms with Crippen molar-refractivity contribution in [2.75, 3.05) is 5.32 Å². The minimum atomic E-state index is -0.454. The number of fused-ring (bicyclic) bond motifs is 2. The van der Waals surface area contributed by atoms with Gasteiger partial charge >= 0.3 is 0 Å². The zero-order valence-corrected chi connectivity index (χ0v) is 7.82. The molecule has 1 saturated carbocycles. The second-order valence-corrected chi connectivity index (χ2v) is 4.02. The van der Waals surface area contributed by atoms with E-state index in [0.717, 1.165) is 18.4 Å². The lowest BCUT2D eigenvalue weighted by Crippen LogP contribution is -2.18. The summed E-state index contributed by atoms with van der Waals surface area (Å²) in [6, 6.07) is 4.58. The minimum Gasteiger partial charge on any atom is -0.325 e. The molecule has 0 saturated heterocycles. The number of hydrogen-bond acceptors (Lipinski definition) is 3. The van der Waals surface area contributed by atoms with Crippen LogP contribution in [0.4, 0.5) is 11.4 Å². The van der Waals surface area contributed by atoms with E-state index < -0.39 is 4.92 Å². The van der Waals surface area contributed by atoms with Gasteiger partial charge in [0.25, 0.3) is 5.69 Å². The lowest BCUT2D eigenvalue weighted by molar-refractivity contribution is -0.384. The molecular weight excluding hydrogens is 196 g/mol. The summed E-state index contributed by atoms with van der Waals surface area (Å²) in [7, 11) is 0. The maximum Gasteiger partial charge on any atom is 0.271 e. The van der Waals surface area contributed by atoms with Crippen molar-refractivity contribution in [1.82, 2.24) is 0 Å². The number of non-ortho nitro benzene ring substituents is 1. The standard InChI is InChI=1S/C10H8N2O3/c13-9-10(3-4-10)7-2-1-6(12(14)15)5-8(7)11-9/h1-2,5H,3-4H2,(H,11,13). The Balaban J connectivity index is 2.14. The molecule has 0 atom stereocenters. The van der Waals surface area contributed by atoms with Crippen molar-refractivity contribution in [3.05, 3.63) is 33.9 Å². The van der Waals surface area contributed by atoms with Crippen molar-refractivity contribution in [1.29, 1.82) is 0 Å². The molecule has 76 valence electrons. The summed E-state index contributed by atoms with van der Waals surface area (Å²) >= 11 is 0.